The fourth-order valence-corrected chi connectivity index (χ4v) is 2.05. The van der Waals surface area contributed by atoms with Gasteiger partial charge in [-0.1, -0.05) is 12.1 Å². The highest BCUT2D eigenvalue weighted by molar-refractivity contribution is 5.86. The fourth-order valence-electron chi connectivity index (χ4n) is 2.05. The maximum absolute atomic E-state index is 12.0. The van der Waals surface area contributed by atoms with Gasteiger partial charge in [0.2, 0.25) is 5.76 Å². The molecular weight excluding hydrogens is 288 g/mol. The lowest BCUT2D eigenvalue weighted by Crippen LogP contribution is -2.21. The molecule has 0 amide bonds. The number of nitrogens with one attached hydrogen (secondary N) is 1. The van der Waals surface area contributed by atoms with Crippen LogP contribution in [0.5, 0.6) is 0 Å². The van der Waals surface area contributed by atoms with Crippen LogP contribution < -0.4 is 5.56 Å². The van der Waals surface area contributed by atoms with Crippen LogP contribution in [0.25, 0.3) is 10.9 Å². The minimum absolute atomic E-state index is 0.00114. The molecule has 1 aliphatic rings. The van der Waals surface area contributed by atoms with Gasteiger partial charge in [0.25, 0.3) is 5.56 Å². The van der Waals surface area contributed by atoms with Gasteiger partial charge >= 0.3 is 5.97 Å². The summed E-state index contributed by atoms with van der Waals surface area (Å²) in [7, 11) is 0. The number of carbonyl (C=O) groups excluding carboxylic acids is 1. The summed E-state index contributed by atoms with van der Waals surface area (Å²) < 4.78 is 15.4. The number of ether oxygens (including phenoxy) is 3. The molecule has 0 fully saturated rings. The second kappa shape index (κ2) is 5.88. The zero-order valence-electron chi connectivity index (χ0n) is 11.9. The monoisotopic (exact) mass is 302 g/mol. The largest absolute Gasteiger partial charge is 0.493 e. The molecule has 1 N–H and O–H groups in total. The minimum atomic E-state index is -0.726. The lowest BCUT2D eigenvalue weighted by molar-refractivity contribution is -0.149. The van der Waals surface area contributed by atoms with E-state index in [4.69, 9.17) is 14.2 Å². The topological polar surface area (TPSA) is 90.5 Å². The van der Waals surface area contributed by atoms with E-state index < -0.39 is 12.1 Å². The van der Waals surface area contributed by atoms with Crippen molar-refractivity contribution in [2.24, 2.45) is 0 Å². The van der Waals surface area contributed by atoms with Gasteiger partial charge in [0.1, 0.15) is 19.5 Å². The Bertz CT molecular complexity index is 796. The zero-order valence-corrected chi connectivity index (χ0v) is 11.9. The van der Waals surface area contributed by atoms with Crippen LogP contribution >= 0.6 is 0 Å². The number of nitrogens with zero attached hydrogens (tertiary/aromatic N) is 1. The summed E-state index contributed by atoms with van der Waals surface area (Å²) in [6, 6.07) is 6.95. The van der Waals surface area contributed by atoms with E-state index in [9.17, 15) is 9.59 Å². The van der Waals surface area contributed by atoms with Crippen molar-refractivity contribution >= 4 is 16.9 Å². The van der Waals surface area contributed by atoms with Crippen molar-refractivity contribution in [3.05, 3.63) is 52.5 Å². The fraction of sp³-hybridized carbons (Fsp3) is 0.267. The number of rotatable bonds is 3. The van der Waals surface area contributed by atoms with Gasteiger partial charge in [-0.15, -0.1) is 0 Å². The quantitative estimate of drug-likeness (QED) is 0.862. The minimum Gasteiger partial charge on any atom is -0.493 e. The van der Waals surface area contributed by atoms with Crippen molar-refractivity contribution in [1.82, 2.24) is 9.97 Å². The molecule has 114 valence electrons. The molecule has 0 radical (unpaired) electrons. The maximum atomic E-state index is 12.0. The molecule has 22 heavy (non-hydrogen) atoms. The van der Waals surface area contributed by atoms with E-state index in [-0.39, 0.29) is 17.1 Å². The molecule has 0 saturated heterocycles. The summed E-state index contributed by atoms with van der Waals surface area (Å²) in [6.07, 6.45) is 0.492. The van der Waals surface area contributed by atoms with E-state index in [0.29, 0.717) is 24.1 Å². The zero-order chi connectivity index (χ0) is 15.5. The van der Waals surface area contributed by atoms with Crippen LogP contribution in [0.4, 0.5) is 0 Å². The molecule has 2 aromatic rings. The van der Waals surface area contributed by atoms with Crippen LogP contribution in [-0.2, 0) is 19.0 Å². The summed E-state index contributed by atoms with van der Waals surface area (Å²) >= 11 is 0. The number of para-hydroxylation sites is 1. The first-order chi connectivity index (χ1) is 10.6. The van der Waals surface area contributed by atoms with Gasteiger partial charge in [-0.05, 0) is 19.1 Å². The Kier molecular flexibility index (Phi) is 3.78. The van der Waals surface area contributed by atoms with E-state index in [1.165, 1.54) is 6.26 Å². The molecule has 0 unspecified atom stereocenters. The van der Waals surface area contributed by atoms with E-state index in [1.54, 1.807) is 31.2 Å². The molecule has 0 bridgehead atoms. The van der Waals surface area contributed by atoms with Crippen molar-refractivity contribution in [3.63, 3.8) is 0 Å². The van der Waals surface area contributed by atoms with Crippen molar-refractivity contribution in [2.45, 2.75) is 13.0 Å². The van der Waals surface area contributed by atoms with Crippen LogP contribution in [0.1, 0.15) is 18.9 Å². The van der Waals surface area contributed by atoms with Crippen molar-refractivity contribution in [2.75, 3.05) is 13.2 Å². The highest BCUT2D eigenvalue weighted by Crippen LogP contribution is 2.17. The second-order valence-electron chi connectivity index (χ2n) is 4.72. The molecule has 0 saturated carbocycles. The standard InChI is InChI=1S/C15H14N2O5/c1-9(22-15(19)12-8-20-6-7-21-12)13-16-11-5-3-2-4-10(11)14(18)17-13/h2-5,8-9H,6-7H2,1H3,(H,16,17,18)/t9-/m0/s1. The Labute approximate surface area is 125 Å². The number of hydrogen-bond donors (Lipinski definition) is 1. The van der Waals surface area contributed by atoms with Gasteiger partial charge in [-0.25, -0.2) is 9.78 Å². The van der Waals surface area contributed by atoms with Gasteiger partial charge < -0.3 is 19.2 Å². The van der Waals surface area contributed by atoms with Crippen molar-refractivity contribution in [1.29, 1.82) is 0 Å². The molecular formula is C15H14N2O5. The van der Waals surface area contributed by atoms with E-state index in [1.807, 2.05) is 0 Å². The lowest BCUT2D eigenvalue weighted by atomic mass is 10.2. The Morgan fingerprint density at radius 1 is 1.36 bits per heavy atom. The molecule has 0 spiro atoms. The third kappa shape index (κ3) is 2.78. The number of aromatic amines is 1. The van der Waals surface area contributed by atoms with E-state index >= 15 is 0 Å². The van der Waals surface area contributed by atoms with Gasteiger partial charge in [-0.3, -0.25) is 4.79 Å². The van der Waals surface area contributed by atoms with Crippen LogP contribution in [0.3, 0.4) is 0 Å². The summed E-state index contributed by atoms with van der Waals surface area (Å²) in [4.78, 5) is 30.8. The Balaban J connectivity index is 1.83. The molecule has 2 heterocycles. The molecule has 3 rings (SSSR count). The van der Waals surface area contributed by atoms with Crippen LogP contribution in [0.15, 0.2) is 41.1 Å². The van der Waals surface area contributed by atoms with Gasteiger partial charge in [0.15, 0.2) is 11.9 Å². The SMILES string of the molecule is C[C@H](OC(=O)C1=COCCO1)c1nc2ccccc2c(=O)[nH]1. The first kappa shape index (κ1) is 14.1. The Morgan fingerprint density at radius 2 is 2.18 bits per heavy atom. The third-order valence-electron chi connectivity index (χ3n) is 3.15. The number of hydrogen-bond acceptors (Lipinski definition) is 6. The molecule has 7 heteroatoms. The number of benzene rings is 1. The molecule has 0 aliphatic carbocycles. The smallest absolute Gasteiger partial charge is 0.377 e. The van der Waals surface area contributed by atoms with Crippen LogP contribution in [0.2, 0.25) is 0 Å². The summed E-state index contributed by atoms with van der Waals surface area (Å²) in [5.41, 5.74) is 0.264. The number of esters is 1. The van der Waals surface area contributed by atoms with Gasteiger partial charge in [0, 0.05) is 0 Å². The predicted molar refractivity (Wildman–Crippen MR) is 76.9 cm³/mol. The predicted octanol–water partition coefficient (Wildman–Crippen LogP) is 1.42. The van der Waals surface area contributed by atoms with E-state index in [0.717, 1.165) is 0 Å². The number of H-pyrrole nitrogens is 1. The van der Waals surface area contributed by atoms with Crippen LogP contribution in [0, 0.1) is 0 Å². The average Bonchev–Trinajstić information content (AvgIpc) is 2.55. The Hall–Kier alpha value is -2.83. The molecule has 7 nitrogen and oxygen atoms in total. The lowest BCUT2D eigenvalue weighted by Gasteiger charge is -2.17. The Morgan fingerprint density at radius 3 is 2.95 bits per heavy atom. The summed E-state index contributed by atoms with van der Waals surface area (Å²) in [5.74, 6) is -0.390. The van der Waals surface area contributed by atoms with Gasteiger partial charge in [-0.2, -0.15) is 0 Å². The highest BCUT2D eigenvalue weighted by atomic mass is 16.6. The average molecular weight is 302 g/mol. The second-order valence-corrected chi connectivity index (χ2v) is 4.72. The molecule has 1 aliphatic heterocycles. The van der Waals surface area contributed by atoms with Crippen molar-refractivity contribution < 1.29 is 19.0 Å². The van der Waals surface area contributed by atoms with Gasteiger partial charge in [0.05, 0.1) is 10.9 Å². The van der Waals surface area contributed by atoms with Crippen molar-refractivity contribution in [3.8, 4) is 0 Å². The van der Waals surface area contributed by atoms with Crippen LogP contribution in [-0.4, -0.2) is 29.2 Å². The number of carbonyl (C=O) groups is 1. The first-order valence-corrected chi connectivity index (χ1v) is 6.79. The molecule has 1 aromatic carbocycles. The maximum Gasteiger partial charge on any atom is 0.377 e. The molecule has 1 atom stereocenters. The summed E-state index contributed by atoms with van der Waals surface area (Å²) in [6.45, 7) is 2.31. The normalized spacial score (nSPS) is 15.4. The molecule has 1 aromatic heterocycles. The third-order valence-corrected chi connectivity index (χ3v) is 3.15. The number of aromatic nitrogens is 2. The highest BCUT2D eigenvalue weighted by Gasteiger charge is 2.21. The number of fused-ring (bicyclic) bond motifs is 1. The summed E-state index contributed by atoms with van der Waals surface area (Å²) in [5, 5.41) is 0.483. The first-order valence-electron chi connectivity index (χ1n) is 6.79. The van der Waals surface area contributed by atoms with E-state index in [2.05, 4.69) is 9.97 Å².